The summed E-state index contributed by atoms with van der Waals surface area (Å²) in [7, 11) is 1.84. The van der Waals surface area contributed by atoms with E-state index in [0.29, 0.717) is 34.4 Å². The van der Waals surface area contributed by atoms with Gasteiger partial charge in [0.2, 0.25) is 0 Å². The second-order valence-corrected chi connectivity index (χ2v) is 8.27. The average Bonchev–Trinajstić information content (AvgIpc) is 3.47. The number of amides is 1. The van der Waals surface area contributed by atoms with E-state index < -0.39 is 0 Å². The van der Waals surface area contributed by atoms with Gasteiger partial charge in [0.1, 0.15) is 5.03 Å². The Bertz CT molecular complexity index is 1030. The highest BCUT2D eigenvalue weighted by molar-refractivity contribution is 7.98. The third-order valence-corrected chi connectivity index (χ3v) is 6.08. The first-order valence-electron chi connectivity index (χ1n) is 10.1. The Morgan fingerprint density at radius 2 is 1.93 bits per heavy atom. The van der Waals surface area contributed by atoms with Crippen molar-refractivity contribution < 1.29 is 9.21 Å². The molecule has 1 fully saturated rings. The molecule has 0 aliphatic carbocycles. The van der Waals surface area contributed by atoms with Gasteiger partial charge in [-0.25, -0.2) is 9.97 Å². The van der Waals surface area contributed by atoms with Crippen LogP contribution in [0, 0.1) is 6.92 Å². The monoisotopic (exact) mass is 422 g/mol. The van der Waals surface area contributed by atoms with E-state index in [1.54, 1.807) is 17.2 Å². The van der Waals surface area contributed by atoms with Crippen LogP contribution in [-0.2, 0) is 6.54 Å². The molecule has 0 radical (unpaired) electrons. The Balaban J connectivity index is 1.60. The van der Waals surface area contributed by atoms with Crippen molar-refractivity contribution in [1.82, 2.24) is 14.9 Å². The summed E-state index contributed by atoms with van der Waals surface area (Å²) in [5, 5.41) is 0.665. The molecular weight excluding hydrogens is 396 g/mol. The van der Waals surface area contributed by atoms with Crippen molar-refractivity contribution in [3.05, 3.63) is 59.5 Å². The van der Waals surface area contributed by atoms with Gasteiger partial charge in [-0.15, -0.1) is 11.8 Å². The second kappa shape index (κ2) is 8.92. The lowest BCUT2D eigenvalue weighted by atomic mass is 10.1. The van der Waals surface area contributed by atoms with Crippen molar-refractivity contribution in [3.63, 3.8) is 0 Å². The number of thioether (sulfide) groups is 1. The van der Waals surface area contributed by atoms with E-state index in [1.165, 1.54) is 30.3 Å². The van der Waals surface area contributed by atoms with Gasteiger partial charge in [0.25, 0.3) is 5.91 Å². The highest BCUT2D eigenvalue weighted by atomic mass is 32.2. The van der Waals surface area contributed by atoms with Crippen LogP contribution in [0.2, 0.25) is 0 Å². The number of hydrogen-bond acceptors (Lipinski definition) is 6. The summed E-state index contributed by atoms with van der Waals surface area (Å²) in [5.41, 5.74) is 3.59. The smallest absolute Gasteiger partial charge is 0.258 e. The van der Waals surface area contributed by atoms with Gasteiger partial charge in [0, 0.05) is 32.4 Å². The molecule has 1 aromatic carbocycles. The first kappa shape index (κ1) is 20.5. The number of carbonyl (C=O) groups excluding carboxylic acids is 1. The number of nitrogens with zero attached hydrogens (tertiary/aromatic N) is 4. The van der Waals surface area contributed by atoms with E-state index in [0.717, 1.165) is 18.7 Å². The first-order valence-corrected chi connectivity index (χ1v) is 11.4. The molecule has 4 rings (SSSR count). The molecule has 2 aromatic heterocycles. The first-order chi connectivity index (χ1) is 14.6. The van der Waals surface area contributed by atoms with Crippen LogP contribution in [0.5, 0.6) is 0 Å². The molecule has 156 valence electrons. The molecular formula is C23H26N4O2S. The van der Waals surface area contributed by atoms with Crippen LogP contribution in [0.25, 0.3) is 11.6 Å². The third kappa shape index (κ3) is 4.07. The van der Waals surface area contributed by atoms with Crippen LogP contribution in [0.15, 0.2) is 52.1 Å². The number of benzene rings is 1. The van der Waals surface area contributed by atoms with Crippen LogP contribution in [-0.4, -0.2) is 47.2 Å². The lowest BCUT2D eigenvalue weighted by Crippen LogP contribution is -2.29. The predicted octanol–water partition coefficient (Wildman–Crippen LogP) is 4.64. The Morgan fingerprint density at radius 3 is 2.63 bits per heavy atom. The van der Waals surface area contributed by atoms with Gasteiger partial charge in [0.05, 0.1) is 17.5 Å². The van der Waals surface area contributed by atoms with Gasteiger partial charge >= 0.3 is 0 Å². The van der Waals surface area contributed by atoms with Crippen LogP contribution >= 0.6 is 11.8 Å². The molecule has 3 heterocycles. The fourth-order valence-corrected chi connectivity index (χ4v) is 4.50. The minimum Gasteiger partial charge on any atom is -0.461 e. The molecule has 1 saturated heterocycles. The van der Waals surface area contributed by atoms with Gasteiger partial charge in [-0.3, -0.25) is 4.79 Å². The number of carbonyl (C=O) groups is 1. The van der Waals surface area contributed by atoms with Crippen molar-refractivity contribution in [1.29, 1.82) is 0 Å². The number of aromatic nitrogens is 2. The molecule has 1 aliphatic heterocycles. The van der Waals surface area contributed by atoms with Crippen molar-refractivity contribution in [3.8, 4) is 11.6 Å². The third-order valence-electron chi connectivity index (χ3n) is 5.40. The fraction of sp³-hybridized carbons (Fsp3) is 0.348. The SMILES string of the molecule is CSc1nc(-c2ccco2)nc(C)c1C(=O)N(C)Cc1ccccc1N1CCCC1. The normalized spacial score (nSPS) is 13.6. The van der Waals surface area contributed by atoms with Gasteiger partial charge in [0.15, 0.2) is 11.6 Å². The van der Waals surface area contributed by atoms with Crippen LogP contribution < -0.4 is 4.90 Å². The molecule has 0 spiro atoms. The Hall–Kier alpha value is -2.80. The maximum atomic E-state index is 13.4. The maximum absolute atomic E-state index is 13.4. The van der Waals surface area contributed by atoms with Crippen molar-refractivity contribution in [2.45, 2.75) is 31.3 Å². The van der Waals surface area contributed by atoms with Crippen LogP contribution in [0.3, 0.4) is 0 Å². The summed E-state index contributed by atoms with van der Waals surface area (Å²) in [5.74, 6) is 1.03. The van der Waals surface area contributed by atoms with E-state index >= 15 is 0 Å². The number of hydrogen-bond donors (Lipinski definition) is 0. The summed E-state index contributed by atoms with van der Waals surface area (Å²) >= 11 is 1.45. The average molecular weight is 423 g/mol. The molecule has 0 bridgehead atoms. The number of furan rings is 1. The quantitative estimate of drug-likeness (QED) is 0.426. The van der Waals surface area contributed by atoms with E-state index in [4.69, 9.17) is 4.42 Å². The maximum Gasteiger partial charge on any atom is 0.258 e. The van der Waals surface area contributed by atoms with Crippen LogP contribution in [0.4, 0.5) is 5.69 Å². The van der Waals surface area contributed by atoms with Gasteiger partial charge < -0.3 is 14.2 Å². The van der Waals surface area contributed by atoms with Crippen molar-refractivity contribution >= 4 is 23.4 Å². The fourth-order valence-electron chi connectivity index (χ4n) is 3.89. The number of para-hydroxylation sites is 1. The summed E-state index contributed by atoms with van der Waals surface area (Å²) in [6.45, 7) is 4.55. The van der Waals surface area contributed by atoms with E-state index in [-0.39, 0.29) is 5.91 Å². The van der Waals surface area contributed by atoms with E-state index in [9.17, 15) is 4.79 Å². The highest BCUT2D eigenvalue weighted by Gasteiger charge is 2.24. The van der Waals surface area contributed by atoms with Crippen molar-refractivity contribution in [2.24, 2.45) is 0 Å². The molecule has 3 aromatic rings. The number of rotatable bonds is 6. The van der Waals surface area contributed by atoms with Crippen LogP contribution in [0.1, 0.15) is 34.5 Å². The minimum absolute atomic E-state index is 0.0703. The van der Waals surface area contributed by atoms with Gasteiger partial charge in [-0.2, -0.15) is 0 Å². The molecule has 6 nitrogen and oxygen atoms in total. The zero-order chi connectivity index (χ0) is 21.1. The lowest BCUT2D eigenvalue weighted by Gasteiger charge is -2.25. The lowest BCUT2D eigenvalue weighted by molar-refractivity contribution is 0.0779. The zero-order valence-corrected chi connectivity index (χ0v) is 18.4. The summed E-state index contributed by atoms with van der Waals surface area (Å²) in [4.78, 5) is 26.7. The highest BCUT2D eigenvalue weighted by Crippen LogP contribution is 2.28. The Kier molecular flexibility index (Phi) is 6.08. The molecule has 30 heavy (non-hydrogen) atoms. The molecule has 0 unspecified atom stereocenters. The molecule has 7 heteroatoms. The summed E-state index contributed by atoms with van der Waals surface area (Å²) in [6.07, 6.45) is 5.96. The minimum atomic E-state index is -0.0703. The molecule has 1 amide bonds. The Labute approximate surface area is 181 Å². The number of anilines is 1. The van der Waals surface area contributed by atoms with E-state index in [1.807, 2.05) is 32.4 Å². The van der Waals surface area contributed by atoms with E-state index in [2.05, 4.69) is 33.1 Å². The second-order valence-electron chi connectivity index (χ2n) is 7.48. The summed E-state index contributed by atoms with van der Waals surface area (Å²) in [6, 6.07) is 12.0. The molecule has 0 saturated carbocycles. The van der Waals surface area contributed by atoms with Crippen molar-refractivity contribution in [2.75, 3.05) is 31.3 Å². The molecule has 0 N–H and O–H groups in total. The predicted molar refractivity (Wildman–Crippen MR) is 120 cm³/mol. The largest absolute Gasteiger partial charge is 0.461 e. The van der Waals surface area contributed by atoms with Gasteiger partial charge in [-0.05, 0) is 49.8 Å². The molecule has 1 aliphatic rings. The molecule has 0 atom stereocenters. The van der Waals surface area contributed by atoms with Gasteiger partial charge in [-0.1, -0.05) is 18.2 Å². The summed E-state index contributed by atoms with van der Waals surface area (Å²) < 4.78 is 5.43. The topological polar surface area (TPSA) is 62.5 Å². The Morgan fingerprint density at radius 1 is 1.17 bits per heavy atom. The zero-order valence-electron chi connectivity index (χ0n) is 17.6. The standard InChI is InChI=1S/C23H26N4O2S/c1-16-20(22(30-3)25-21(24-16)19-11-8-14-29-19)23(28)26(2)15-17-9-4-5-10-18(17)27-12-6-7-13-27/h4-5,8-11,14H,6-7,12-13,15H2,1-3H3. The number of aryl methyl sites for hydroxylation is 1.